The van der Waals surface area contributed by atoms with Gasteiger partial charge in [-0.25, -0.2) is 4.39 Å². The molecule has 0 bridgehead atoms. The summed E-state index contributed by atoms with van der Waals surface area (Å²) in [6, 6.07) is 20.5. The summed E-state index contributed by atoms with van der Waals surface area (Å²) in [7, 11) is 0. The third kappa shape index (κ3) is 4.47. The summed E-state index contributed by atoms with van der Waals surface area (Å²) < 4.78 is 13.4. The van der Waals surface area contributed by atoms with Gasteiger partial charge in [0, 0.05) is 21.3 Å². The van der Waals surface area contributed by atoms with Crippen LogP contribution in [0.15, 0.2) is 72.8 Å². The van der Waals surface area contributed by atoms with Gasteiger partial charge in [0.15, 0.2) is 0 Å². The SMILES string of the molecule is CC(C)(N[C@@H]1C[C@H](c2ccccc2Cl)N(c2ccc(Cl)cc2)C1=O)c1ccc(F)cc1. The van der Waals surface area contributed by atoms with E-state index in [-0.39, 0.29) is 17.8 Å². The lowest BCUT2D eigenvalue weighted by atomic mass is 9.92. The first-order chi connectivity index (χ1) is 14.8. The molecule has 0 radical (unpaired) electrons. The molecule has 1 amide bonds. The topological polar surface area (TPSA) is 32.3 Å². The van der Waals surface area contributed by atoms with E-state index in [0.717, 1.165) is 16.8 Å². The van der Waals surface area contributed by atoms with Crippen molar-refractivity contribution in [2.75, 3.05) is 4.90 Å². The van der Waals surface area contributed by atoms with Crippen molar-refractivity contribution in [3.63, 3.8) is 0 Å². The van der Waals surface area contributed by atoms with Crippen LogP contribution in [0.3, 0.4) is 0 Å². The molecule has 0 aliphatic carbocycles. The maximum atomic E-state index is 13.6. The van der Waals surface area contributed by atoms with Crippen LogP contribution in [0.5, 0.6) is 0 Å². The van der Waals surface area contributed by atoms with Crippen LogP contribution in [0.4, 0.5) is 10.1 Å². The minimum atomic E-state index is -0.533. The molecule has 1 N–H and O–H groups in total. The number of nitrogens with zero attached hydrogens (tertiary/aromatic N) is 1. The molecular weight excluding hydrogens is 434 g/mol. The number of carbonyl (C=O) groups is 1. The van der Waals surface area contributed by atoms with E-state index in [4.69, 9.17) is 23.2 Å². The molecule has 3 aromatic carbocycles. The van der Waals surface area contributed by atoms with Crippen molar-refractivity contribution in [2.24, 2.45) is 0 Å². The van der Waals surface area contributed by atoms with Crippen molar-refractivity contribution in [3.8, 4) is 0 Å². The fourth-order valence-corrected chi connectivity index (χ4v) is 4.57. The predicted molar refractivity (Wildman–Crippen MR) is 124 cm³/mol. The van der Waals surface area contributed by atoms with Gasteiger partial charge in [-0.05, 0) is 73.9 Å². The van der Waals surface area contributed by atoms with E-state index in [1.165, 1.54) is 12.1 Å². The number of rotatable bonds is 5. The molecule has 2 atom stereocenters. The third-order valence-electron chi connectivity index (χ3n) is 5.78. The molecule has 160 valence electrons. The summed E-state index contributed by atoms with van der Waals surface area (Å²) in [5, 5.41) is 4.72. The van der Waals surface area contributed by atoms with Crippen LogP contribution in [0.1, 0.15) is 37.4 Å². The zero-order valence-electron chi connectivity index (χ0n) is 17.3. The Morgan fingerprint density at radius 1 is 0.968 bits per heavy atom. The van der Waals surface area contributed by atoms with Gasteiger partial charge < -0.3 is 4.90 Å². The summed E-state index contributed by atoms with van der Waals surface area (Å²) in [5.74, 6) is -0.327. The van der Waals surface area contributed by atoms with Gasteiger partial charge in [0.05, 0.1) is 12.1 Å². The van der Waals surface area contributed by atoms with E-state index in [1.807, 2.05) is 50.2 Å². The predicted octanol–water partition coefficient (Wildman–Crippen LogP) is 6.50. The van der Waals surface area contributed by atoms with Gasteiger partial charge in [-0.2, -0.15) is 0 Å². The summed E-state index contributed by atoms with van der Waals surface area (Å²) in [6.45, 7) is 3.98. The van der Waals surface area contributed by atoms with Crippen LogP contribution in [0.25, 0.3) is 0 Å². The second-order valence-electron chi connectivity index (χ2n) is 8.29. The largest absolute Gasteiger partial charge is 0.303 e. The highest BCUT2D eigenvalue weighted by molar-refractivity contribution is 6.31. The number of nitrogens with one attached hydrogen (secondary N) is 1. The van der Waals surface area contributed by atoms with Crippen molar-refractivity contribution in [2.45, 2.75) is 37.9 Å². The van der Waals surface area contributed by atoms with Gasteiger partial charge in [0.25, 0.3) is 0 Å². The van der Waals surface area contributed by atoms with E-state index in [9.17, 15) is 9.18 Å². The lowest BCUT2D eigenvalue weighted by molar-refractivity contribution is -0.119. The van der Waals surface area contributed by atoms with Crippen molar-refractivity contribution < 1.29 is 9.18 Å². The number of carbonyl (C=O) groups excluding carboxylic acids is 1. The minimum Gasteiger partial charge on any atom is -0.303 e. The molecule has 0 saturated carbocycles. The number of anilines is 1. The van der Waals surface area contributed by atoms with Gasteiger partial charge >= 0.3 is 0 Å². The Morgan fingerprint density at radius 3 is 2.26 bits per heavy atom. The van der Waals surface area contributed by atoms with Crippen molar-refractivity contribution in [3.05, 3.63) is 99.8 Å². The maximum absolute atomic E-state index is 13.6. The van der Waals surface area contributed by atoms with Crippen LogP contribution < -0.4 is 10.2 Å². The summed E-state index contributed by atoms with van der Waals surface area (Å²) in [6.07, 6.45) is 0.551. The first kappa shape index (κ1) is 21.8. The molecule has 1 aliphatic rings. The van der Waals surface area contributed by atoms with Crippen LogP contribution in [-0.4, -0.2) is 11.9 Å². The van der Waals surface area contributed by atoms with E-state index in [0.29, 0.717) is 16.5 Å². The Labute approximate surface area is 191 Å². The molecule has 1 heterocycles. The second kappa shape index (κ2) is 8.62. The fraction of sp³-hybridized carbons (Fsp3) is 0.240. The maximum Gasteiger partial charge on any atom is 0.244 e. The highest BCUT2D eigenvalue weighted by Gasteiger charge is 2.43. The first-order valence-corrected chi connectivity index (χ1v) is 10.9. The Balaban J connectivity index is 1.68. The Hall–Kier alpha value is -2.40. The normalized spacial score (nSPS) is 19.1. The molecule has 31 heavy (non-hydrogen) atoms. The number of benzene rings is 3. The number of amides is 1. The van der Waals surface area contributed by atoms with Gasteiger partial charge in [0.1, 0.15) is 5.82 Å². The van der Waals surface area contributed by atoms with E-state index in [1.54, 1.807) is 29.2 Å². The second-order valence-corrected chi connectivity index (χ2v) is 9.13. The minimum absolute atomic E-state index is 0.0394. The number of hydrogen-bond acceptors (Lipinski definition) is 2. The highest BCUT2D eigenvalue weighted by atomic mass is 35.5. The molecule has 0 aromatic heterocycles. The molecule has 3 nitrogen and oxygen atoms in total. The number of halogens is 3. The molecule has 6 heteroatoms. The van der Waals surface area contributed by atoms with Crippen LogP contribution in [0, 0.1) is 5.82 Å². The van der Waals surface area contributed by atoms with Crippen molar-refractivity contribution in [1.82, 2.24) is 5.32 Å². The zero-order valence-corrected chi connectivity index (χ0v) is 18.8. The zero-order chi connectivity index (χ0) is 22.2. The molecule has 0 unspecified atom stereocenters. The molecule has 4 rings (SSSR count). The molecular formula is C25H23Cl2FN2O. The molecule has 1 fully saturated rings. The van der Waals surface area contributed by atoms with Gasteiger partial charge in [-0.3, -0.25) is 10.1 Å². The Morgan fingerprint density at radius 2 is 1.61 bits per heavy atom. The summed E-state index contributed by atoms with van der Waals surface area (Å²) >= 11 is 12.6. The smallest absolute Gasteiger partial charge is 0.244 e. The first-order valence-electron chi connectivity index (χ1n) is 10.1. The average Bonchev–Trinajstić information content (AvgIpc) is 3.04. The van der Waals surface area contributed by atoms with E-state index < -0.39 is 11.6 Å². The van der Waals surface area contributed by atoms with Crippen molar-refractivity contribution >= 4 is 34.8 Å². The van der Waals surface area contributed by atoms with Gasteiger partial charge in [-0.15, -0.1) is 0 Å². The van der Waals surface area contributed by atoms with E-state index in [2.05, 4.69) is 5.32 Å². The van der Waals surface area contributed by atoms with E-state index >= 15 is 0 Å². The molecule has 3 aromatic rings. The standard InChI is InChI=1S/C25H23Cl2FN2O/c1-25(2,16-7-11-18(28)12-8-16)29-22-15-23(20-5-3-4-6-21(20)27)30(24(22)31)19-13-9-17(26)10-14-19/h3-14,22-23,29H,15H2,1-2H3/t22-,23-/m1/s1. The monoisotopic (exact) mass is 456 g/mol. The quantitative estimate of drug-likeness (QED) is 0.474. The van der Waals surface area contributed by atoms with Gasteiger partial charge in [-0.1, -0.05) is 53.5 Å². The number of hydrogen-bond donors (Lipinski definition) is 1. The lowest BCUT2D eigenvalue weighted by Gasteiger charge is -2.30. The molecule has 0 spiro atoms. The fourth-order valence-electron chi connectivity index (χ4n) is 4.18. The van der Waals surface area contributed by atoms with Crippen LogP contribution in [0.2, 0.25) is 10.0 Å². The highest BCUT2D eigenvalue weighted by Crippen LogP contribution is 2.41. The third-order valence-corrected chi connectivity index (χ3v) is 6.37. The average molecular weight is 457 g/mol. The van der Waals surface area contributed by atoms with Crippen LogP contribution >= 0.6 is 23.2 Å². The van der Waals surface area contributed by atoms with Crippen molar-refractivity contribution in [1.29, 1.82) is 0 Å². The Kier molecular flexibility index (Phi) is 6.07. The summed E-state index contributed by atoms with van der Waals surface area (Å²) in [4.78, 5) is 15.4. The molecule has 1 aliphatic heterocycles. The van der Waals surface area contributed by atoms with Gasteiger partial charge in [0.2, 0.25) is 5.91 Å². The summed E-state index contributed by atoms with van der Waals surface area (Å²) in [5.41, 5.74) is 2.04. The van der Waals surface area contributed by atoms with Crippen LogP contribution in [-0.2, 0) is 10.3 Å². The molecule has 1 saturated heterocycles. The Bertz CT molecular complexity index is 1080. The lowest BCUT2D eigenvalue weighted by Crippen LogP contribution is -2.47.